The molecule has 4 nitrogen and oxygen atoms in total. The van der Waals surface area contributed by atoms with E-state index in [2.05, 4.69) is 9.97 Å². The second-order valence-corrected chi connectivity index (χ2v) is 2.53. The molecule has 4 heteroatoms. The monoisotopic (exact) mass is 163 g/mol. The SMILES string of the molecule is OCCc1cnc2cnccn12. The summed E-state index contributed by atoms with van der Waals surface area (Å²) in [5, 5.41) is 8.74. The number of hydrogen-bond donors (Lipinski definition) is 1. The van der Waals surface area contributed by atoms with Gasteiger partial charge in [0.2, 0.25) is 0 Å². The van der Waals surface area contributed by atoms with Gasteiger partial charge in [0.15, 0.2) is 5.65 Å². The lowest BCUT2D eigenvalue weighted by atomic mass is 10.3. The molecule has 1 N–H and O–H groups in total. The number of fused-ring (bicyclic) bond motifs is 1. The van der Waals surface area contributed by atoms with Crippen LogP contribution in [0, 0.1) is 0 Å². The van der Waals surface area contributed by atoms with Crippen LogP contribution in [0.4, 0.5) is 0 Å². The number of imidazole rings is 1. The molecule has 2 aromatic rings. The van der Waals surface area contributed by atoms with Crippen LogP contribution in [0.15, 0.2) is 24.8 Å². The standard InChI is InChI=1S/C8H9N3O/c12-4-1-7-5-10-8-6-9-2-3-11(7)8/h2-3,5-6,12H,1,4H2. The average molecular weight is 163 g/mol. The van der Waals surface area contributed by atoms with Crippen LogP contribution in [0.25, 0.3) is 5.65 Å². The van der Waals surface area contributed by atoms with Crippen LogP contribution in [-0.2, 0) is 6.42 Å². The van der Waals surface area contributed by atoms with Crippen molar-refractivity contribution in [2.45, 2.75) is 6.42 Å². The van der Waals surface area contributed by atoms with Gasteiger partial charge in [-0.2, -0.15) is 0 Å². The molecule has 62 valence electrons. The Morgan fingerprint density at radius 1 is 1.42 bits per heavy atom. The maximum absolute atomic E-state index is 8.74. The van der Waals surface area contributed by atoms with Crippen LogP contribution < -0.4 is 0 Å². The number of aromatic nitrogens is 3. The molecule has 2 heterocycles. The number of nitrogens with zero attached hydrogens (tertiary/aromatic N) is 3. The Morgan fingerprint density at radius 3 is 3.17 bits per heavy atom. The highest BCUT2D eigenvalue weighted by atomic mass is 16.3. The Bertz CT molecular complexity index is 382. The summed E-state index contributed by atoms with van der Waals surface area (Å²) in [4.78, 5) is 8.07. The lowest BCUT2D eigenvalue weighted by Gasteiger charge is -1.96. The minimum atomic E-state index is 0.149. The zero-order chi connectivity index (χ0) is 8.39. The molecule has 0 fully saturated rings. The summed E-state index contributed by atoms with van der Waals surface area (Å²) in [5.74, 6) is 0. The molecule has 0 aliphatic rings. The fourth-order valence-electron chi connectivity index (χ4n) is 1.19. The molecule has 0 unspecified atom stereocenters. The van der Waals surface area contributed by atoms with E-state index in [0.29, 0.717) is 6.42 Å². The molecule has 0 atom stereocenters. The molecule has 0 saturated carbocycles. The maximum atomic E-state index is 8.74. The second kappa shape index (κ2) is 2.91. The Morgan fingerprint density at radius 2 is 2.33 bits per heavy atom. The third kappa shape index (κ3) is 1.06. The Hall–Kier alpha value is -1.42. The normalized spacial score (nSPS) is 10.8. The lowest BCUT2D eigenvalue weighted by molar-refractivity contribution is 0.298. The van der Waals surface area contributed by atoms with Gasteiger partial charge in [0.05, 0.1) is 6.20 Å². The van der Waals surface area contributed by atoms with Gasteiger partial charge in [0.25, 0.3) is 0 Å². The molecule has 0 aromatic carbocycles. The third-order valence-electron chi connectivity index (χ3n) is 1.76. The summed E-state index contributed by atoms with van der Waals surface area (Å²) in [6.07, 6.45) is 7.63. The predicted molar refractivity (Wildman–Crippen MR) is 43.8 cm³/mol. The zero-order valence-electron chi connectivity index (χ0n) is 6.51. The molecule has 0 spiro atoms. The van der Waals surface area contributed by atoms with E-state index in [0.717, 1.165) is 11.3 Å². The van der Waals surface area contributed by atoms with Crippen LogP contribution in [0.3, 0.4) is 0 Å². The highest BCUT2D eigenvalue weighted by Gasteiger charge is 2.00. The minimum Gasteiger partial charge on any atom is -0.396 e. The van der Waals surface area contributed by atoms with Crippen LogP contribution in [-0.4, -0.2) is 26.1 Å². The van der Waals surface area contributed by atoms with Gasteiger partial charge in [-0.1, -0.05) is 0 Å². The number of aliphatic hydroxyl groups excluding tert-OH is 1. The van der Waals surface area contributed by atoms with Gasteiger partial charge in [-0.15, -0.1) is 0 Å². The van der Waals surface area contributed by atoms with Crippen molar-refractivity contribution in [3.8, 4) is 0 Å². The molecule has 0 bridgehead atoms. The van der Waals surface area contributed by atoms with Crippen molar-refractivity contribution in [2.75, 3.05) is 6.61 Å². The Kier molecular flexibility index (Phi) is 1.75. The molecular formula is C8H9N3O. The molecule has 12 heavy (non-hydrogen) atoms. The first-order chi connectivity index (χ1) is 5.92. The van der Waals surface area contributed by atoms with Gasteiger partial charge in [0, 0.05) is 37.3 Å². The first-order valence-corrected chi connectivity index (χ1v) is 3.78. The summed E-state index contributed by atoms with van der Waals surface area (Å²) in [7, 11) is 0. The van der Waals surface area contributed by atoms with E-state index < -0.39 is 0 Å². The number of hydrogen-bond acceptors (Lipinski definition) is 3. The topological polar surface area (TPSA) is 50.4 Å². The van der Waals surface area contributed by atoms with E-state index in [1.807, 2.05) is 10.6 Å². The molecular weight excluding hydrogens is 154 g/mol. The zero-order valence-corrected chi connectivity index (χ0v) is 6.51. The molecule has 0 amide bonds. The van der Waals surface area contributed by atoms with Crippen LogP contribution in [0.2, 0.25) is 0 Å². The van der Waals surface area contributed by atoms with Crippen molar-refractivity contribution in [1.29, 1.82) is 0 Å². The Labute approximate surface area is 69.5 Å². The molecule has 0 aliphatic heterocycles. The van der Waals surface area contributed by atoms with Crippen molar-refractivity contribution >= 4 is 5.65 Å². The van der Waals surface area contributed by atoms with Gasteiger partial charge < -0.3 is 9.51 Å². The van der Waals surface area contributed by atoms with Crippen molar-refractivity contribution in [1.82, 2.24) is 14.4 Å². The van der Waals surface area contributed by atoms with Gasteiger partial charge in [-0.3, -0.25) is 4.98 Å². The lowest BCUT2D eigenvalue weighted by Crippen LogP contribution is -1.95. The molecule has 2 aromatic heterocycles. The molecule has 0 saturated heterocycles. The molecule has 2 rings (SSSR count). The smallest absolute Gasteiger partial charge is 0.155 e. The summed E-state index contributed by atoms with van der Waals surface area (Å²) in [6.45, 7) is 0.149. The number of aliphatic hydroxyl groups is 1. The van der Waals surface area contributed by atoms with Crippen LogP contribution in [0.5, 0.6) is 0 Å². The third-order valence-corrected chi connectivity index (χ3v) is 1.76. The highest BCUT2D eigenvalue weighted by molar-refractivity contribution is 5.36. The van der Waals surface area contributed by atoms with E-state index >= 15 is 0 Å². The summed E-state index contributed by atoms with van der Waals surface area (Å²) in [5.41, 5.74) is 1.83. The molecule has 0 aliphatic carbocycles. The van der Waals surface area contributed by atoms with Crippen LogP contribution in [0.1, 0.15) is 5.69 Å². The summed E-state index contributed by atoms with van der Waals surface area (Å²) >= 11 is 0. The van der Waals surface area contributed by atoms with Gasteiger partial charge in [-0.25, -0.2) is 4.98 Å². The van der Waals surface area contributed by atoms with Crippen molar-refractivity contribution < 1.29 is 5.11 Å². The minimum absolute atomic E-state index is 0.149. The van der Waals surface area contributed by atoms with E-state index in [4.69, 9.17) is 5.11 Å². The fourth-order valence-corrected chi connectivity index (χ4v) is 1.19. The van der Waals surface area contributed by atoms with Gasteiger partial charge in [-0.05, 0) is 0 Å². The van der Waals surface area contributed by atoms with E-state index in [-0.39, 0.29) is 6.61 Å². The van der Waals surface area contributed by atoms with Crippen molar-refractivity contribution in [3.05, 3.63) is 30.5 Å². The van der Waals surface area contributed by atoms with Gasteiger partial charge in [0.1, 0.15) is 0 Å². The Balaban J connectivity index is 2.55. The van der Waals surface area contributed by atoms with E-state index in [1.54, 1.807) is 18.6 Å². The average Bonchev–Trinajstić information content (AvgIpc) is 2.50. The quantitative estimate of drug-likeness (QED) is 0.691. The van der Waals surface area contributed by atoms with Crippen molar-refractivity contribution in [2.24, 2.45) is 0 Å². The first-order valence-electron chi connectivity index (χ1n) is 3.78. The maximum Gasteiger partial charge on any atom is 0.155 e. The largest absolute Gasteiger partial charge is 0.396 e. The fraction of sp³-hybridized carbons (Fsp3) is 0.250. The van der Waals surface area contributed by atoms with E-state index in [1.165, 1.54) is 0 Å². The predicted octanol–water partition coefficient (Wildman–Crippen LogP) is 0.264. The molecule has 0 radical (unpaired) electrons. The van der Waals surface area contributed by atoms with Gasteiger partial charge >= 0.3 is 0 Å². The van der Waals surface area contributed by atoms with Crippen LogP contribution >= 0.6 is 0 Å². The summed E-state index contributed by atoms with van der Waals surface area (Å²) in [6, 6.07) is 0. The van der Waals surface area contributed by atoms with E-state index in [9.17, 15) is 0 Å². The highest BCUT2D eigenvalue weighted by Crippen LogP contribution is 2.04. The first kappa shape index (κ1) is 7.24. The van der Waals surface area contributed by atoms with Crippen molar-refractivity contribution in [3.63, 3.8) is 0 Å². The number of rotatable bonds is 2. The second-order valence-electron chi connectivity index (χ2n) is 2.53. The summed E-state index contributed by atoms with van der Waals surface area (Å²) < 4.78 is 1.92.